The predicted molar refractivity (Wildman–Crippen MR) is 125 cm³/mol. The second kappa shape index (κ2) is 9.70. The lowest BCUT2D eigenvalue weighted by Gasteiger charge is -2.29. The van der Waals surface area contributed by atoms with E-state index in [0.717, 1.165) is 11.6 Å². The quantitative estimate of drug-likeness (QED) is 0.497. The number of hydrogen-bond acceptors (Lipinski definition) is 4. The SMILES string of the molecule is COc1ccc(S(=O)(=O)N(c2cccc(C(=CC(=O)O)c3ccccc3)c2)C(C)C)cc1. The fraction of sp³-hybridized carbons (Fsp3) is 0.160. The molecule has 0 spiro atoms. The second-order valence-electron chi connectivity index (χ2n) is 7.38. The second-order valence-corrected chi connectivity index (χ2v) is 9.20. The number of carboxylic acid groups (broad SMARTS) is 1. The van der Waals surface area contributed by atoms with Crippen LogP contribution >= 0.6 is 0 Å². The van der Waals surface area contributed by atoms with E-state index in [0.29, 0.717) is 22.6 Å². The Hall–Kier alpha value is -3.58. The van der Waals surface area contributed by atoms with Gasteiger partial charge in [0.25, 0.3) is 10.0 Å². The van der Waals surface area contributed by atoms with Gasteiger partial charge in [-0.1, -0.05) is 42.5 Å². The Bertz CT molecular complexity index is 1220. The number of anilines is 1. The molecule has 0 saturated carbocycles. The molecule has 0 unspecified atom stereocenters. The van der Waals surface area contributed by atoms with Crippen LogP contribution in [0.3, 0.4) is 0 Å². The van der Waals surface area contributed by atoms with Gasteiger partial charge in [-0.05, 0) is 66.9 Å². The molecule has 3 rings (SSSR count). The van der Waals surface area contributed by atoms with E-state index in [1.807, 2.05) is 30.3 Å². The first-order chi connectivity index (χ1) is 15.2. The normalized spacial score (nSPS) is 11.9. The summed E-state index contributed by atoms with van der Waals surface area (Å²) in [4.78, 5) is 11.6. The van der Waals surface area contributed by atoms with Crippen molar-refractivity contribution >= 4 is 27.3 Å². The largest absolute Gasteiger partial charge is 0.497 e. The molecule has 166 valence electrons. The molecule has 0 aliphatic carbocycles. The maximum absolute atomic E-state index is 13.5. The van der Waals surface area contributed by atoms with Gasteiger partial charge in [0.1, 0.15) is 5.75 Å². The van der Waals surface area contributed by atoms with Gasteiger partial charge in [0.2, 0.25) is 0 Å². The molecule has 0 aliphatic rings. The molecule has 0 radical (unpaired) electrons. The lowest BCUT2D eigenvalue weighted by molar-refractivity contribution is -0.131. The van der Waals surface area contributed by atoms with Gasteiger partial charge >= 0.3 is 5.97 Å². The molecule has 0 amide bonds. The summed E-state index contributed by atoms with van der Waals surface area (Å²) in [5.74, 6) is -0.519. The van der Waals surface area contributed by atoms with Crippen molar-refractivity contribution in [2.75, 3.05) is 11.4 Å². The Labute approximate surface area is 188 Å². The van der Waals surface area contributed by atoms with Crippen molar-refractivity contribution in [1.29, 1.82) is 0 Å². The summed E-state index contributed by atoms with van der Waals surface area (Å²) in [6.45, 7) is 3.58. The average Bonchev–Trinajstić information content (AvgIpc) is 2.78. The van der Waals surface area contributed by atoms with Gasteiger partial charge in [0.05, 0.1) is 17.7 Å². The van der Waals surface area contributed by atoms with Crippen LogP contribution < -0.4 is 9.04 Å². The fourth-order valence-corrected chi connectivity index (χ4v) is 5.11. The van der Waals surface area contributed by atoms with E-state index in [2.05, 4.69) is 0 Å². The van der Waals surface area contributed by atoms with Gasteiger partial charge in [0.15, 0.2) is 0 Å². The number of nitrogens with zero attached hydrogens (tertiary/aromatic N) is 1. The molecule has 3 aromatic rings. The van der Waals surface area contributed by atoms with Crippen LogP contribution in [0.1, 0.15) is 25.0 Å². The third-order valence-electron chi connectivity index (χ3n) is 4.85. The lowest BCUT2D eigenvalue weighted by atomic mass is 9.97. The van der Waals surface area contributed by atoms with Crippen LogP contribution in [0.2, 0.25) is 0 Å². The number of carbonyl (C=O) groups is 1. The molecule has 6 nitrogen and oxygen atoms in total. The minimum absolute atomic E-state index is 0.141. The molecule has 3 aromatic carbocycles. The third-order valence-corrected chi connectivity index (χ3v) is 6.87. The van der Waals surface area contributed by atoms with E-state index < -0.39 is 16.0 Å². The number of hydrogen-bond donors (Lipinski definition) is 1. The summed E-state index contributed by atoms with van der Waals surface area (Å²) in [6, 6.07) is 21.9. The summed E-state index contributed by atoms with van der Waals surface area (Å²) in [5, 5.41) is 9.40. The highest BCUT2D eigenvalue weighted by Gasteiger charge is 2.28. The Balaban J connectivity index is 2.11. The number of benzene rings is 3. The Morgan fingerprint density at radius 1 is 0.938 bits per heavy atom. The minimum atomic E-state index is -3.87. The number of methoxy groups -OCH3 is 1. The highest BCUT2D eigenvalue weighted by Crippen LogP contribution is 2.31. The van der Waals surface area contributed by atoms with E-state index in [1.165, 1.54) is 23.5 Å². The Morgan fingerprint density at radius 2 is 1.56 bits per heavy atom. The van der Waals surface area contributed by atoms with Crippen molar-refractivity contribution < 1.29 is 23.1 Å². The summed E-state index contributed by atoms with van der Waals surface area (Å²) >= 11 is 0. The van der Waals surface area contributed by atoms with Crippen LogP contribution in [0, 0.1) is 0 Å². The van der Waals surface area contributed by atoms with Crippen LogP contribution in [-0.4, -0.2) is 32.6 Å². The third kappa shape index (κ3) is 5.00. The zero-order valence-corrected chi connectivity index (χ0v) is 18.9. The first-order valence-electron chi connectivity index (χ1n) is 10.0. The maximum Gasteiger partial charge on any atom is 0.328 e. The number of ether oxygens (including phenoxy) is 1. The average molecular weight is 452 g/mol. The van der Waals surface area contributed by atoms with E-state index >= 15 is 0 Å². The van der Waals surface area contributed by atoms with Gasteiger partial charge in [-0.3, -0.25) is 4.31 Å². The van der Waals surface area contributed by atoms with Gasteiger partial charge in [-0.15, -0.1) is 0 Å². The van der Waals surface area contributed by atoms with Gasteiger partial charge in [-0.25, -0.2) is 13.2 Å². The molecular formula is C25H25NO5S. The Morgan fingerprint density at radius 3 is 2.12 bits per heavy atom. The van der Waals surface area contributed by atoms with Gasteiger partial charge in [0, 0.05) is 12.1 Å². The number of sulfonamides is 1. The summed E-state index contributed by atoms with van der Waals surface area (Å²) in [6.07, 6.45) is 1.13. The molecule has 0 aliphatic heterocycles. The summed E-state index contributed by atoms with van der Waals surface area (Å²) < 4.78 is 33.4. The highest BCUT2D eigenvalue weighted by molar-refractivity contribution is 7.92. The number of aliphatic carboxylic acids is 1. The molecular weight excluding hydrogens is 426 g/mol. The molecule has 32 heavy (non-hydrogen) atoms. The maximum atomic E-state index is 13.5. The molecule has 0 heterocycles. The summed E-state index contributed by atoms with van der Waals surface area (Å²) in [7, 11) is -2.35. The van der Waals surface area contributed by atoms with Crippen LogP contribution in [0.5, 0.6) is 5.75 Å². The summed E-state index contributed by atoms with van der Waals surface area (Å²) in [5.41, 5.74) is 2.26. The van der Waals surface area contributed by atoms with Crippen LogP contribution in [0.4, 0.5) is 5.69 Å². The molecule has 7 heteroatoms. The van der Waals surface area contributed by atoms with Crippen molar-refractivity contribution in [3.8, 4) is 5.75 Å². The zero-order valence-electron chi connectivity index (χ0n) is 18.1. The smallest absolute Gasteiger partial charge is 0.328 e. The van der Waals surface area contributed by atoms with Crippen molar-refractivity contribution in [3.05, 3.63) is 96.1 Å². The van der Waals surface area contributed by atoms with Crippen molar-refractivity contribution in [1.82, 2.24) is 0 Å². The molecule has 0 atom stereocenters. The van der Waals surface area contributed by atoms with Crippen LogP contribution in [-0.2, 0) is 14.8 Å². The van der Waals surface area contributed by atoms with Gasteiger partial charge in [-0.2, -0.15) is 0 Å². The standard InChI is InChI=1S/C25H25NO5S/c1-18(2)26(32(29,30)23-14-12-22(31-3)13-15-23)21-11-7-10-20(16-21)24(17-25(27)28)19-8-5-4-6-9-19/h4-18H,1-3H3,(H,27,28). The van der Waals surface area contributed by atoms with Crippen LogP contribution in [0.15, 0.2) is 89.8 Å². The molecule has 0 bridgehead atoms. The zero-order chi connectivity index (χ0) is 23.3. The first-order valence-corrected chi connectivity index (χ1v) is 11.5. The van der Waals surface area contributed by atoms with E-state index in [4.69, 9.17) is 4.74 Å². The molecule has 0 fully saturated rings. The molecule has 1 N–H and O–H groups in total. The predicted octanol–water partition coefficient (Wildman–Crippen LogP) is 4.82. The number of carboxylic acids is 1. The van der Waals surface area contributed by atoms with E-state index in [1.54, 1.807) is 50.2 Å². The lowest BCUT2D eigenvalue weighted by Crippen LogP contribution is -2.37. The van der Waals surface area contributed by atoms with Gasteiger partial charge < -0.3 is 9.84 Å². The fourth-order valence-electron chi connectivity index (χ4n) is 3.46. The van der Waals surface area contributed by atoms with Crippen LogP contribution in [0.25, 0.3) is 5.57 Å². The van der Waals surface area contributed by atoms with E-state index in [9.17, 15) is 18.3 Å². The number of rotatable bonds is 8. The topological polar surface area (TPSA) is 83.9 Å². The molecule has 0 saturated heterocycles. The minimum Gasteiger partial charge on any atom is -0.497 e. The molecule has 0 aromatic heterocycles. The Kier molecular flexibility index (Phi) is 7.00. The monoisotopic (exact) mass is 451 g/mol. The van der Waals surface area contributed by atoms with Crippen molar-refractivity contribution in [2.24, 2.45) is 0 Å². The first kappa shape index (κ1) is 23.1. The van der Waals surface area contributed by atoms with Crippen molar-refractivity contribution in [2.45, 2.75) is 24.8 Å². The van der Waals surface area contributed by atoms with Crippen molar-refractivity contribution in [3.63, 3.8) is 0 Å². The van der Waals surface area contributed by atoms with E-state index in [-0.39, 0.29) is 10.9 Å². The highest BCUT2D eigenvalue weighted by atomic mass is 32.2.